The molecule has 0 radical (unpaired) electrons. The van der Waals surface area contributed by atoms with E-state index in [2.05, 4.69) is 22.3 Å². The molecule has 17 heavy (non-hydrogen) atoms. The number of piperidine rings is 1. The van der Waals surface area contributed by atoms with Gasteiger partial charge in [-0.3, -0.25) is 0 Å². The summed E-state index contributed by atoms with van der Waals surface area (Å²) in [5.41, 5.74) is 0. The molecule has 0 amide bonds. The van der Waals surface area contributed by atoms with E-state index in [1.165, 1.54) is 29.9 Å². The van der Waals surface area contributed by atoms with Crippen LogP contribution in [0, 0.1) is 16.2 Å². The Balaban J connectivity index is 0.000000249. The zero-order chi connectivity index (χ0) is 12.9. The maximum atomic E-state index is 8.49. The molecule has 1 aliphatic heterocycles. The minimum absolute atomic E-state index is 0.882. The minimum atomic E-state index is -4.94. The minimum Gasteiger partial charge on any atom is -0.222 e. The van der Waals surface area contributed by atoms with Crippen molar-refractivity contribution < 1.29 is 28.9 Å². The lowest BCUT2D eigenvalue weighted by atomic mass is 10.0. The maximum absolute atomic E-state index is 8.49. The van der Waals surface area contributed by atoms with Crippen LogP contribution in [0.1, 0.15) is 19.8 Å². The number of nitrogens with zero attached hydrogens (tertiary/aromatic N) is 1. The van der Waals surface area contributed by atoms with Gasteiger partial charge in [0.15, 0.2) is 0 Å². The molecule has 1 aromatic heterocycles. The van der Waals surface area contributed by atoms with Gasteiger partial charge in [0, 0.05) is 23.1 Å². The quantitative estimate of drug-likeness (QED) is 0.485. The third-order valence-electron chi connectivity index (χ3n) is 2.31. The summed E-state index contributed by atoms with van der Waals surface area (Å²) in [5.74, 6) is 0.882. The summed E-state index contributed by atoms with van der Waals surface area (Å²) in [6.45, 7) is 4.88. The number of hydrogen-bond acceptors (Lipinski definition) is 6. The highest BCUT2D eigenvalue weighted by molar-refractivity contribution is 7.24. The molecule has 5 nitrogen and oxygen atoms in total. The van der Waals surface area contributed by atoms with Crippen molar-refractivity contribution in [1.82, 2.24) is 4.58 Å². The monoisotopic (exact) mass is 299 g/mol. The predicted molar refractivity (Wildman–Crippen MR) is 55.6 cm³/mol. The summed E-state index contributed by atoms with van der Waals surface area (Å²) in [4.78, 5) is 0. The average molecular weight is 300 g/mol. The lowest BCUT2D eigenvalue weighted by molar-refractivity contribution is -2.00. The topological polar surface area (TPSA) is 95.2 Å². The van der Waals surface area contributed by atoms with E-state index in [0.29, 0.717) is 0 Å². The van der Waals surface area contributed by atoms with Crippen LogP contribution in [-0.2, 0) is 0 Å². The van der Waals surface area contributed by atoms with Crippen LogP contribution in [-0.4, -0.2) is 13.1 Å². The van der Waals surface area contributed by atoms with Crippen LogP contribution in [0.15, 0.2) is 10.8 Å². The molecule has 1 fully saturated rings. The highest BCUT2D eigenvalue weighted by atomic mass is 35.7. The van der Waals surface area contributed by atoms with Crippen LogP contribution < -0.4 is 27.2 Å². The van der Waals surface area contributed by atoms with Gasteiger partial charge in [0.1, 0.15) is 13.1 Å². The summed E-state index contributed by atoms with van der Waals surface area (Å²) in [6.07, 6.45) is 2.78. The molecule has 0 N–H and O–H groups in total. The fraction of sp³-hybridized carbons (Fsp3) is 0.667. The summed E-state index contributed by atoms with van der Waals surface area (Å²) in [5, 5.41) is 4.36. The lowest BCUT2D eigenvalue weighted by Crippen LogP contribution is -2.68. The Kier molecular flexibility index (Phi) is 6.01. The Morgan fingerprint density at radius 3 is 2.24 bits per heavy atom. The van der Waals surface area contributed by atoms with Gasteiger partial charge in [0.25, 0.3) is 0 Å². The van der Waals surface area contributed by atoms with Crippen molar-refractivity contribution in [3.05, 3.63) is 14.7 Å². The predicted octanol–water partition coefficient (Wildman–Crippen LogP) is -2.74. The number of hydrogen-bond donors (Lipinski definition) is 0. The molecule has 0 bridgehead atoms. The van der Waals surface area contributed by atoms with Gasteiger partial charge in [-0.2, -0.15) is 0 Å². The molecule has 98 valence electrons. The molecule has 1 aliphatic rings. The van der Waals surface area contributed by atoms with Crippen LogP contribution in [0.4, 0.5) is 0 Å². The van der Waals surface area contributed by atoms with Crippen molar-refractivity contribution in [2.24, 2.45) is 5.92 Å². The molecule has 8 heteroatoms. The smallest absolute Gasteiger partial charge is 0.222 e. The molecule has 1 atom stereocenters. The highest BCUT2D eigenvalue weighted by Gasteiger charge is 2.18. The van der Waals surface area contributed by atoms with Gasteiger partial charge < -0.3 is 0 Å². The zero-order valence-electron chi connectivity index (χ0n) is 9.34. The Bertz CT molecular complexity index is 375. The summed E-state index contributed by atoms with van der Waals surface area (Å²) < 4.78 is 38.0. The molecule has 0 aliphatic carbocycles. The van der Waals surface area contributed by atoms with Gasteiger partial charge >= 0.3 is 3.98 Å². The SMILES string of the molecule is CC1CCC[N+](=c2sccs2)C1.[O-][Cl+3]([O-])([O-])[O-]. The van der Waals surface area contributed by atoms with Crippen LogP contribution in [0.2, 0.25) is 0 Å². The van der Waals surface area contributed by atoms with Gasteiger partial charge in [0.05, 0.1) is 0 Å². The van der Waals surface area contributed by atoms with E-state index in [0.717, 1.165) is 5.92 Å². The second-order valence-corrected chi connectivity index (χ2v) is 6.65. The summed E-state index contributed by atoms with van der Waals surface area (Å²) in [7, 11) is -4.94. The van der Waals surface area contributed by atoms with E-state index in [9.17, 15) is 0 Å². The van der Waals surface area contributed by atoms with E-state index in [-0.39, 0.29) is 0 Å². The third-order valence-corrected chi connectivity index (χ3v) is 4.52. The van der Waals surface area contributed by atoms with Gasteiger partial charge in [-0.15, -0.1) is 10.2 Å². The molecule has 1 saturated heterocycles. The van der Waals surface area contributed by atoms with Crippen LogP contribution in [0.25, 0.3) is 0 Å². The molecule has 0 spiro atoms. The first kappa shape index (κ1) is 15.0. The fourth-order valence-electron chi connectivity index (χ4n) is 1.70. The van der Waals surface area contributed by atoms with E-state index in [1.807, 2.05) is 22.7 Å². The molecule has 0 saturated carbocycles. The normalized spacial score (nSPS) is 20.8. The van der Waals surface area contributed by atoms with Crippen molar-refractivity contribution in [2.75, 3.05) is 13.1 Å². The van der Waals surface area contributed by atoms with Gasteiger partial charge in [-0.05, 0) is 6.42 Å². The second kappa shape index (κ2) is 6.79. The standard InChI is InChI=1S/C9H14NS2.ClHO4/c1-8-3-2-4-10(7-8)9-11-5-6-12-9;2-1(3,4)5/h5-6,8H,2-4,7H2,1H3;(H,2,3,4,5)/q+1;/p-1. The van der Waals surface area contributed by atoms with E-state index in [1.54, 1.807) is 0 Å². The van der Waals surface area contributed by atoms with Gasteiger partial charge in [-0.1, -0.05) is 29.6 Å². The molecule has 0 aromatic carbocycles. The molecule has 2 heterocycles. The molecular formula is C9H14ClNO4S2. The summed E-state index contributed by atoms with van der Waals surface area (Å²) >= 11 is 3.75. The van der Waals surface area contributed by atoms with Crippen LogP contribution in [0.3, 0.4) is 0 Å². The first-order valence-electron chi connectivity index (χ1n) is 5.08. The Labute approximate surface area is 110 Å². The maximum Gasteiger partial charge on any atom is 0.313 e. The second-order valence-electron chi connectivity index (χ2n) is 3.85. The highest BCUT2D eigenvalue weighted by Crippen LogP contribution is 2.10. The molecular weight excluding hydrogens is 286 g/mol. The molecule has 1 aromatic rings. The average Bonchev–Trinajstić information content (AvgIpc) is 2.67. The molecule has 2 rings (SSSR count). The first-order valence-corrected chi connectivity index (χ1v) is 8.07. The third kappa shape index (κ3) is 7.10. The Hall–Kier alpha value is -0.0200. The first-order chi connectivity index (χ1) is 7.86. The Morgan fingerprint density at radius 2 is 1.76 bits per heavy atom. The fourth-order valence-corrected chi connectivity index (χ4v) is 3.57. The molecule has 1 unspecified atom stereocenters. The van der Waals surface area contributed by atoms with Crippen LogP contribution in [0.5, 0.6) is 0 Å². The Morgan fingerprint density at radius 1 is 1.24 bits per heavy atom. The van der Waals surface area contributed by atoms with Crippen molar-refractivity contribution in [3.8, 4) is 0 Å². The van der Waals surface area contributed by atoms with Crippen molar-refractivity contribution in [2.45, 2.75) is 19.8 Å². The van der Waals surface area contributed by atoms with Crippen molar-refractivity contribution in [3.63, 3.8) is 0 Å². The van der Waals surface area contributed by atoms with E-state index >= 15 is 0 Å². The largest absolute Gasteiger partial charge is 0.313 e. The number of rotatable bonds is 0. The lowest BCUT2D eigenvalue weighted by Gasteiger charge is -2.17. The van der Waals surface area contributed by atoms with E-state index < -0.39 is 10.2 Å². The van der Waals surface area contributed by atoms with Crippen LogP contribution >= 0.6 is 22.7 Å². The van der Waals surface area contributed by atoms with Gasteiger partial charge in [-0.25, -0.2) is 23.2 Å². The number of halogens is 1. The van der Waals surface area contributed by atoms with Crippen molar-refractivity contribution >= 4 is 22.7 Å². The zero-order valence-corrected chi connectivity index (χ0v) is 11.7. The van der Waals surface area contributed by atoms with Gasteiger partial charge in [0.2, 0.25) is 0 Å². The van der Waals surface area contributed by atoms with E-state index in [4.69, 9.17) is 18.6 Å². The van der Waals surface area contributed by atoms with Crippen molar-refractivity contribution in [1.29, 1.82) is 0 Å². The summed E-state index contributed by atoms with van der Waals surface area (Å²) in [6, 6.07) is 0.